The van der Waals surface area contributed by atoms with Crippen LogP contribution in [0.4, 0.5) is 0 Å². The predicted octanol–water partition coefficient (Wildman–Crippen LogP) is -18.8. The zero-order chi connectivity index (χ0) is 0. The summed E-state index contributed by atoms with van der Waals surface area (Å²) >= 11 is 0. The van der Waals surface area contributed by atoms with Gasteiger partial charge < -0.3 is 55.1 Å². The zero-order valence-corrected chi connectivity index (χ0v) is 13.6. The molecule has 0 rings (SSSR count). The third kappa shape index (κ3) is 52.5. The fourth-order valence-electron chi connectivity index (χ4n) is 0. The number of hydrogen-bond acceptors (Lipinski definition) is 0. The molecule has 0 unspecified atom stereocenters. The molecule has 2 N–H and O–H groups in total. The first-order valence-corrected chi connectivity index (χ1v) is 0. The van der Waals surface area contributed by atoms with Crippen molar-refractivity contribution in [1.29, 1.82) is 0 Å². The van der Waals surface area contributed by atoms with Gasteiger partial charge >= 0.3 is 80.2 Å². The Labute approximate surface area is 133 Å². The van der Waals surface area contributed by atoms with Gasteiger partial charge in [-0.3, -0.25) is 0 Å². The van der Waals surface area contributed by atoms with Crippen LogP contribution >= 0.6 is 0 Å². The maximum Gasteiger partial charge on any atom is 2.00 e. The molecule has 0 aliphatic carbocycles. The van der Waals surface area contributed by atoms with Gasteiger partial charge in [-0.05, 0) is 0 Å². The van der Waals surface area contributed by atoms with E-state index in [4.69, 9.17) is 0 Å². The summed E-state index contributed by atoms with van der Waals surface area (Å²) in [6, 6.07) is 0. The molecule has 0 saturated carbocycles. The number of hydrogen-bond donors (Lipinski definition) is 0. The molecule has 0 aromatic carbocycles. The van der Waals surface area contributed by atoms with Crippen LogP contribution in [0.3, 0.4) is 0 Å². The Morgan fingerprint density at radius 3 is 0.500 bits per heavy atom. The zero-order valence-electron chi connectivity index (χ0n) is 4.33. The molecular formula is H2Cl4Na2OPt. The fourth-order valence-corrected chi connectivity index (χ4v) is 0. The molecule has 48 valence electrons. The summed E-state index contributed by atoms with van der Waals surface area (Å²) in [5.41, 5.74) is 0. The molecule has 0 radical (unpaired) electrons. The Kier molecular flexibility index (Phi) is 852. The van der Waals surface area contributed by atoms with Crippen LogP contribution in [0.1, 0.15) is 0 Å². The summed E-state index contributed by atoms with van der Waals surface area (Å²) in [4.78, 5) is 0. The van der Waals surface area contributed by atoms with Crippen molar-refractivity contribution in [3.05, 3.63) is 0 Å². The molecule has 0 aromatic heterocycles. The summed E-state index contributed by atoms with van der Waals surface area (Å²) in [5, 5.41) is 0. The second kappa shape index (κ2) is 71.7. The van der Waals surface area contributed by atoms with Gasteiger partial charge in [-0.1, -0.05) is 0 Å². The Bertz CT molecular complexity index is 14.0. The molecule has 1 nitrogen and oxygen atoms in total. The third-order valence-electron chi connectivity index (χ3n) is 0. The van der Waals surface area contributed by atoms with E-state index in [1.807, 2.05) is 0 Å². The molecule has 0 aliphatic rings. The van der Waals surface area contributed by atoms with Crippen LogP contribution in [0.15, 0.2) is 0 Å². The normalized spacial score (nSPS) is 0. The summed E-state index contributed by atoms with van der Waals surface area (Å²) in [7, 11) is 0. The average Bonchev–Trinajstić information content (AvgIpc) is 0. The smallest absolute Gasteiger partial charge is 1.00 e. The van der Waals surface area contributed by atoms with Crippen molar-refractivity contribution in [3.8, 4) is 0 Å². The van der Waals surface area contributed by atoms with Crippen LogP contribution in [-0.4, -0.2) is 5.48 Å². The molecule has 0 spiro atoms. The second-order valence-electron chi connectivity index (χ2n) is 0. The first-order chi connectivity index (χ1) is 0. The first-order valence-electron chi connectivity index (χ1n) is 0. The van der Waals surface area contributed by atoms with Gasteiger partial charge in [-0.25, -0.2) is 0 Å². The van der Waals surface area contributed by atoms with Crippen molar-refractivity contribution in [2.24, 2.45) is 0 Å². The topological polar surface area (TPSA) is 31.5 Å². The SMILES string of the molecule is O.[Cl-].[Cl-].[Cl-].[Cl-].[Na+].[Na+].[Pt+2]. The van der Waals surface area contributed by atoms with Crippen LogP contribution in [0.5, 0.6) is 0 Å². The molecule has 0 amide bonds. The van der Waals surface area contributed by atoms with Gasteiger partial charge in [0.2, 0.25) is 0 Å². The van der Waals surface area contributed by atoms with E-state index in [1.54, 1.807) is 0 Å². The van der Waals surface area contributed by atoms with Crippen LogP contribution in [0, 0.1) is 0 Å². The van der Waals surface area contributed by atoms with Crippen molar-refractivity contribution in [1.82, 2.24) is 0 Å². The van der Waals surface area contributed by atoms with Gasteiger partial charge in [0.15, 0.2) is 0 Å². The summed E-state index contributed by atoms with van der Waals surface area (Å²) in [5.74, 6) is 0. The molecule has 0 aliphatic heterocycles. The molecule has 0 fully saturated rings. The largest absolute Gasteiger partial charge is 2.00 e. The molecule has 8 heavy (non-hydrogen) atoms. The minimum absolute atomic E-state index is 0. The number of halogens is 4. The minimum atomic E-state index is 0. The Morgan fingerprint density at radius 2 is 0.500 bits per heavy atom. The van der Waals surface area contributed by atoms with Gasteiger partial charge in [0, 0.05) is 0 Å². The maximum absolute atomic E-state index is 0. The van der Waals surface area contributed by atoms with Crippen molar-refractivity contribution < 1.29 is 135 Å². The molecule has 0 saturated heterocycles. The Balaban J connectivity index is 0. The van der Waals surface area contributed by atoms with Gasteiger partial charge in [-0.15, -0.1) is 0 Å². The van der Waals surface area contributed by atoms with E-state index in [9.17, 15) is 0 Å². The van der Waals surface area contributed by atoms with E-state index in [2.05, 4.69) is 0 Å². The van der Waals surface area contributed by atoms with E-state index in [0.29, 0.717) is 0 Å². The summed E-state index contributed by atoms with van der Waals surface area (Å²) < 4.78 is 0. The van der Waals surface area contributed by atoms with Crippen molar-refractivity contribution in [2.75, 3.05) is 0 Å². The predicted molar refractivity (Wildman–Crippen MR) is 3.61 cm³/mol. The quantitative estimate of drug-likeness (QED) is 0.362. The number of rotatable bonds is 0. The van der Waals surface area contributed by atoms with E-state index < -0.39 is 0 Å². The van der Waals surface area contributed by atoms with Crippen LogP contribution in [-0.2, 0) is 21.1 Å². The molecule has 0 aromatic rings. The standard InChI is InChI=1S/4ClH.2Na.H2O.Pt/h4*1H;;;1H2;/q;;;;2*+1;;+2/p-4. The van der Waals surface area contributed by atoms with E-state index in [-0.39, 0.29) is 135 Å². The monoisotopic (exact) mass is 399 g/mol. The Hall–Kier alpha value is 3.81. The third-order valence-corrected chi connectivity index (χ3v) is 0. The van der Waals surface area contributed by atoms with Crippen molar-refractivity contribution in [2.45, 2.75) is 0 Å². The fraction of sp³-hybridized carbons (Fsp3) is 0. The van der Waals surface area contributed by atoms with Gasteiger partial charge in [0.25, 0.3) is 0 Å². The molecule has 0 heterocycles. The van der Waals surface area contributed by atoms with Crippen LogP contribution in [0.2, 0.25) is 0 Å². The van der Waals surface area contributed by atoms with Gasteiger partial charge in [0.05, 0.1) is 0 Å². The van der Waals surface area contributed by atoms with Crippen molar-refractivity contribution in [3.63, 3.8) is 0 Å². The van der Waals surface area contributed by atoms with Crippen LogP contribution < -0.4 is 109 Å². The van der Waals surface area contributed by atoms with E-state index in [1.165, 1.54) is 0 Å². The molecule has 0 atom stereocenters. The molecule has 0 bridgehead atoms. The van der Waals surface area contributed by atoms with Crippen LogP contribution in [0.25, 0.3) is 0 Å². The second-order valence-corrected chi connectivity index (χ2v) is 0. The van der Waals surface area contributed by atoms with Gasteiger partial charge in [-0.2, -0.15) is 0 Å². The van der Waals surface area contributed by atoms with E-state index in [0.717, 1.165) is 0 Å². The first kappa shape index (κ1) is 95.1. The van der Waals surface area contributed by atoms with E-state index >= 15 is 0 Å². The average molecular weight is 401 g/mol. The summed E-state index contributed by atoms with van der Waals surface area (Å²) in [6.45, 7) is 0. The molecular weight excluding hydrogens is 399 g/mol. The minimum Gasteiger partial charge on any atom is -1.00 e. The Morgan fingerprint density at radius 1 is 0.500 bits per heavy atom. The van der Waals surface area contributed by atoms with Gasteiger partial charge in [0.1, 0.15) is 0 Å². The molecule has 8 heteroatoms. The van der Waals surface area contributed by atoms with Crippen molar-refractivity contribution >= 4 is 0 Å². The summed E-state index contributed by atoms with van der Waals surface area (Å²) in [6.07, 6.45) is 0. The maximum atomic E-state index is 0.